The maximum Gasteiger partial charge on any atom is 0.305 e. The number of carboxylic acid groups (broad SMARTS) is 1. The van der Waals surface area contributed by atoms with E-state index in [0.717, 1.165) is 0 Å². The number of carbonyl (C=O) groups is 6. The lowest BCUT2D eigenvalue weighted by molar-refractivity contribution is -0.144. The molecule has 5 N–H and O–H groups in total. The summed E-state index contributed by atoms with van der Waals surface area (Å²) in [6, 6.07) is 1.62. The van der Waals surface area contributed by atoms with Crippen molar-refractivity contribution < 1.29 is 43.7 Å². The van der Waals surface area contributed by atoms with Gasteiger partial charge in [-0.2, -0.15) is 0 Å². The molecule has 5 atom stereocenters. The first-order valence-electron chi connectivity index (χ1n) is 13.2. The highest BCUT2D eigenvalue weighted by molar-refractivity contribution is 5.95. The number of hydrogen-bond donors (Lipinski definition) is 5. The molecule has 13 heteroatoms. The molecule has 0 bridgehead atoms. The molecule has 1 aromatic carbocycles. The maximum atomic E-state index is 13.8. The fourth-order valence-electron chi connectivity index (χ4n) is 4.48. The molecule has 1 aliphatic rings. The lowest BCUT2D eigenvalue weighted by Gasteiger charge is -2.31. The topological polar surface area (TPSA) is 191 Å². The van der Waals surface area contributed by atoms with Crippen LogP contribution >= 0.6 is 0 Å². The molecule has 41 heavy (non-hydrogen) atoms. The number of rotatable bonds is 15. The van der Waals surface area contributed by atoms with Crippen LogP contribution in [0.2, 0.25) is 0 Å². The molecule has 224 valence electrons. The Kier molecular flexibility index (Phi) is 12.5. The summed E-state index contributed by atoms with van der Waals surface area (Å²) in [6.45, 7) is 8.45. The number of hydrogen-bond acceptors (Lipinski definition) is 8. The third-order valence-electron chi connectivity index (χ3n) is 6.49. The second-order valence-corrected chi connectivity index (χ2v) is 10.2. The number of carboxylic acids is 1. The van der Waals surface area contributed by atoms with Gasteiger partial charge in [0.05, 0.1) is 25.2 Å². The summed E-state index contributed by atoms with van der Waals surface area (Å²) >= 11 is 0. The molecule has 1 aliphatic heterocycles. The zero-order valence-corrected chi connectivity index (χ0v) is 23.4. The minimum atomic E-state index is -1.29. The predicted octanol–water partition coefficient (Wildman–Crippen LogP) is -0.0893. The SMILES string of the molecule is C=CCO[C@@H]1CC(C(=O)N[C@H](C=O)CC(=O)O)N(C(=O)[C@@H](NC(=O)[C@H](Cc2ccc(O)cc2)NC(C)=O)C(C)C)C1. The van der Waals surface area contributed by atoms with E-state index < -0.39 is 72.2 Å². The van der Waals surface area contributed by atoms with Crippen molar-refractivity contribution in [1.29, 1.82) is 0 Å². The molecule has 0 aromatic heterocycles. The quantitative estimate of drug-likeness (QED) is 0.141. The lowest BCUT2D eigenvalue weighted by atomic mass is 10.00. The molecule has 1 aromatic rings. The minimum absolute atomic E-state index is 0.0111. The summed E-state index contributed by atoms with van der Waals surface area (Å²) in [5, 5.41) is 26.2. The Hall–Kier alpha value is -4.26. The highest BCUT2D eigenvalue weighted by atomic mass is 16.5. The van der Waals surface area contributed by atoms with Crippen LogP contribution in [0.1, 0.15) is 39.2 Å². The summed E-state index contributed by atoms with van der Waals surface area (Å²) in [6.07, 6.45) is 0.829. The summed E-state index contributed by atoms with van der Waals surface area (Å²) in [7, 11) is 0. The normalized spacial score (nSPS) is 18.6. The van der Waals surface area contributed by atoms with E-state index in [-0.39, 0.29) is 31.7 Å². The molecule has 0 spiro atoms. The van der Waals surface area contributed by atoms with Crippen molar-refractivity contribution in [3.8, 4) is 5.75 Å². The van der Waals surface area contributed by atoms with Crippen LogP contribution in [0.25, 0.3) is 0 Å². The predicted molar refractivity (Wildman–Crippen MR) is 146 cm³/mol. The molecule has 0 radical (unpaired) electrons. The Morgan fingerprint density at radius 1 is 1.12 bits per heavy atom. The van der Waals surface area contributed by atoms with Gasteiger partial charge in [0.1, 0.15) is 30.2 Å². The maximum absolute atomic E-state index is 13.8. The lowest BCUT2D eigenvalue weighted by Crippen LogP contribution is -2.59. The third-order valence-corrected chi connectivity index (χ3v) is 6.49. The van der Waals surface area contributed by atoms with Crippen LogP contribution in [0.4, 0.5) is 0 Å². The van der Waals surface area contributed by atoms with Crippen LogP contribution in [0.5, 0.6) is 5.75 Å². The molecule has 1 heterocycles. The first-order valence-corrected chi connectivity index (χ1v) is 13.2. The van der Waals surface area contributed by atoms with Gasteiger partial charge in [-0.25, -0.2) is 0 Å². The van der Waals surface area contributed by atoms with Crippen LogP contribution in [0.3, 0.4) is 0 Å². The molecular weight excluding hydrogens is 536 g/mol. The highest BCUT2D eigenvalue weighted by Gasteiger charge is 2.44. The van der Waals surface area contributed by atoms with Gasteiger partial charge in [0, 0.05) is 26.3 Å². The van der Waals surface area contributed by atoms with Gasteiger partial charge in [0.15, 0.2) is 0 Å². The number of likely N-dealkylation sites (tertiary alicyclic amines) is 1. The first kappa shape index (κ1) is 32.9. The zero-order valence-electron chi connectivity index (χ0n) is 23.4. The number of amides is 4. The second kappa shape index (κ2) is 15.5. The Morgan fingerprint density at radius 3 is 2.32 bits per heavy atom. The van der Waals surface area contributed by atoms with Gasteiger partial charge < -0.3 is 40.6 Å². The Labute approximate surface area is 238 Å². The first-order chi connectivity index (χ1) is 19.4. The number of nitrogens with one attached hydrogen (secondary N) is 3. The molecule has 0 saturated carbocycles. The van der Waals surface area contributed by atoms with Crippen molar-refractivity contribution in [3.63, 3.8) is 0 Å². The van der Waals surface area contributed by atoms with Crippen molar-refractivity contribution >= 4 is 35.9 Å². The van der Waals surface area contributed by atoms with Crippen LogP contribution in [-0.4, -0.2) is 94.4 Å². The van der Waals surface area contributed by atoms with E-state index in [2.05, 4.69) is 22.5 Å². The highest BCUT2D eigenvalue weighted by Crippen LogP contribution is 2.24. The zero-order chi connectivity index (χ0) is 30.7. The van der Waals surface area contributed by atoms with Crippen LogP contribution in [0.15, 0.2) is 36.9 Å². The largest absolute Gasteiger partial charge is 0.508 e. The van der Waals surface area contributed by atoms with Gasteiger partial charge in [0.25, 0.3) is 0 Å². The smallest absolute Gasteiger partial charge is 0.305 e. The third kappa shape index (κ3) is 10.0. The molecule has 2 rings (SSSR count). The summed E-state index contributed by atoms with van der Waals surface area (Å²) < 4.78 is 5.68. The average Bonchev–Trinajstić information content (AvgIpc) is 3.34. The second-order valence-electron chi connectivity index (χ2n) is 10.2. The van der Waals surface area contributed by atoms with Gasteiger partial charge >= 0.3 is 5.97 Å². The van der Waals surface area contributed by atoms with E-state index in [1.165, 1.54) is 30.0 Å². The summed E-state index contributed by atoms with van der Waals surface area (Å²) in [5.74, 6) is -4.05. The molecule has 1 saturated heterocycles. The van der Waals surface area contributed by atoms with Crippen LogP contribution in [0, 0.1) is 5.92 Å². The molecule has 0 aliphatic carbocycles. The number of benzene rings is 1. The van der Waals surface area contributed by atoms with Crippen molar-refractivity contribution in [2.45, 2.75) is 70.3 Å². The Morgan fingerprint density at radius 2 is 1.78 bits per heavy atom. The van der Waals surface area contributed by atoms with Crippen molar-refractivity contribution in [2.75, 3.05) is 13.2 Å². The molecular formula is C28H38N4O9. The summed E-state index contributed by atoms with van der Waals surface area (Å²) in [4.78, 5) is 75.8. The van der Waals surface area contributed by atoms with Crippen LogP contribution < -0.4 is 16.0 Å². The monoisotopic (exact) mass is 574 g/mol. The van der Waals surface area contributed by atoms with Crippen molar-refractivity contribution in [1.82, 2.24) is 20.9 Å². The van der Waals surface area contributed by atoms with E-state index in [0.29, 0.717) is 11.8 Å². The van der Waals surface area contributed by atoms with Gasteiger partial charge in [0.2, 0.25) is 23.6 Å². The van der Waals surface area contributed by atoms with E-state index in [1.807, 2.05) is 0 Å². The van der Waals surface area contributed by atoms with Gasteiger partial charge in [-0.1, -0.05) is 32.1 Å². The summed E-state index contributed by atoms with van der Waals surface area (Å²) in [5.41, 5.74) is 0.661. The van der Waals surface area contributed by atoms with Gasteiger partial charge in [-0.15, -0.1) is 6.58 Å². The van der Waals surface area contributed by atoms with E-state index >= 15 is 0 Å². The molecule has 4 amide bonds. The number of aromatic hydroxyl groups is 1. The molecule has 1 fully saturated rings. The number of carbonyl (C=O) groups excluding carboxylic acids is 5. The van der Waals surface area contributed by atoms with E-state index in [1.54, 1.807) is 26.0 Å². The van der Waals surface area contributed by atoms with E-state index in [4.69, 9.17) is 9.84 Å². The average molecular weight is 575 g/mol. The number of phenolic OH excluding ortho intramolecular Hbond substituents is 1. The number of aliphatic carboxylic acids is 1. The van der Waals surface area contributed by atoms with Crippen LogP contribution in [-0.2, 0) is 39.9 Å². The molecule has 1 unspecified atom stereocenters. The number of ether oxygens (including phenoxy) is 1. The Bertz CT molecular complexity index is 1120. The Balaban J connectivity index is 2.28. The van der Waals surface area contributed by atoms with Gasteiger partial charge in [-0.3, -0.25) is 24.0 Å². The van der Waals surface area contributed by atoms with Crippen molar-refractivity contribution in [2.24, 2.45) is 5.92 Å². The fraction of sp³-hybridized carbons (Fsp3) is 0.500. The van der Waals surface area contributed by atoms with Gasteiger partial charge in [-0.05, 0) is 23.6 Å². The standard InChI is InChI=1S/C28H38N4O9/c1-5-10-41-21-13-23(27(39)30-19(15-33)12-24(36)37)32(14-21)28(40)25(16(2)3)31-26(38)22(29-17(4)34)11-18-6-8-20(35)9-7-18/h5-9,15-16,19,21-23,25,35H,1,10-14H2,2-4H3,(H,29,34)(H,30,39)(H,31,38)(H,36,37)/t19-,21+,22-,23?,25-/m0/s1. The van der Waals surface area contributed by atoms with Crippen molar-refractivity contribution in [3.05, 3.63) is 42.5 Å². The van der Waals surface area contributed by atoms with E-state index in [9.17, 15) is 33.9 Å². The fourth-order valence-corrected chi connectivity index (χ4v) is 4.48. The number of nitrogens with zero attached hydrogens (tertiary/aromatic N) is 1. The number of phenols is 1. The minimum Gasteiger partial charge on any atom is -0.508 e. The molecule has 13 nitrogen and oxygen atoms in total. The number of aldehydes is 1.